The van der Waals surface area contributed by atoms with Crippen LogP contribution in [0.1, 0.15) is 20.3 Å². The first-order valence-corrected chi connectivity index (χ1v) is 5.60. The van der Waals surface area contributed by atoms with Gasteiger partial charge in [0.1, 0.15) is 5.78 Å². The summed E-state index contributed by atoms with van der Waals surface area (Å²) in [6, 6.07) is -0.269. The standard InChI is InChI=1S/C11H20N2O3/c1-4-13-9(7(2)14)5-8(10(13)6-12)11(15)16-3/h8-10H,4-6,12H2,1-3H3/t8-,9-,10+/m1/s1. The van der Waals surface area contributed by atoms with E-state index in [-0.39, 0.29) is 29.8 Å². The Hall–Kier alpha value is -0.940. The minimum absolute atomic E-state index is 0.0775. The first-order chi connectivity index (χ1) is 7.56. The van der Waals surface area contributed by atoms with Gasteiger partial charge in [-0.3, -0.25) is 14.5 Å². The molecule has 1 fully saturated rings. The molecule has 1 saturated heterocycles. The smallest absolute Gasteiger partial charge is 0.310 e. The molecule has 1 aliphatic rings. The van der Waals surface area contributed by atoms with Gasteiger partial charge in [-0.25, -0.2) is 0 Å². The van der Waals surface area contributed by atoms with Gasteiger partial charge in [-0.2, -0.15) is 0 Å². The molecule has 1 heterocycles. The van der Waals surface area contributed by atoms with E-state index in [4.69, 9.17) is 10.5 Å². The Morgan fingerprint density at radius 3 is 2.50 bits per heavy atom. The molecule has 0 amide bonds. The van der Waals surface area contributed by atoms with Gasteiger partial charge in [0.25, 0.3) is 0 Å². The number of carbonyl (C=O) groups excluding carboxylic acids is 2. The summed E-state index contributed by atoms with van der Waals surface area (Å²) < 4.78 is 4.75. The van der Waals surface area contributed by atoms with Gasteiger partial charge in [-0.1, -0.05) is 6.92 Å². The number of methoxy groups -OCH3 is 1. The van der Waals surface area contributed by atoms with Gasteiger partial charge in [0.2, 0.25) is 0 Å². The molecule has 1 rings (SSSR count). The van der Waals surface area contributed by atoms with Crippen molar-refractivity contribution in [3.8, 4) is 0 Å². The fraction of sp³-hybridized carbons (Fsp3) is 0.818. The second kappa shape index (κ2) is 5.41. The molecule has 2 N–H and O–H groups in total. The third-order valence-corrected chi connectivity index (χ3v) is 3.35. The van der Waals surface area contributed by atoms with Crippen LogP contribution in [0.15, 0.2) is 0 Å². The first kappa shape index (κ1) is 13.1. The Morgan fingerprint density at radius 2 is 2.12 bits per heavy atom. The lowest BCUT2D eigenvalue weighted by molar-refractivity contribution is -0.146. The van der Waals surface area contributed by atoms with Crippen molar-refractivity contribution in [2.24, 2.45) is 11.7 Å². The highest BCUT2D eigenvalue weighted by Gasteiger charge is 2.45. The fourth-order valence-electron chi connectivity index (χ4n) is 2.55. The molecule has 5 nitrogen and oxygen atoms in total. The maximum absolute atomic E-state index is 11.6. The molecule has 3 atom stereocenters. The maximum atomic E-state index is 11.6. The van der Waals surface area contributed by atoms with Crippen LogP contribution in [0.3, 0.4) is 0 Å². The predicted molar refractivity (Wildman–Crippen MR) is 59.8 cm³/mol. The van der Waals surface area contributed by atoms with E-state index in [0.717, 1.165) is 6.54 Å². The molecule has 0 radical (unpaired) electrons. The second-order valence-electron chi connectivity index (χ2n) is 4.13. The topological polar surface area (TPSA) is 72.6 Å². The summed E-state index contributed by atoms with van der Waals surface area (Å²) >= 11 is 0. The van der Waals surface area contributed by atoms with Gasteiger partial charge >= 0.3 is 5.97 Å². The SMILES string of the molecule is CCN1[C@@H](C(C)=O)C[C@@H](C(=O)OC)[C@@H]1CN. The van der Waals surface area contributed by atoms with Crippen molar-refractivity contribution < 1.29 is 14.3 Å². The van der Waals surface area contributed by atoms with E-state index in [1.807, 2.05) is 11.8 Å². The number of likely N-dealkylation sites (N-methyl/N-ethyl adjacent to an activating group) is 1. The molecule has 0 aromatic rings. The van der Waals surface area contributed by atoms with E-state index in [9.17, 15) is 9.59 Å². The molecule has 0 aromatic carbocycles. The van der Waals surface area contributed by atoms with Crippen molar-refractivity contribution in [2.45, 2.75) is 32.4 Å². The van der Waals surface area contributed by atoms with Crippen LogP contribution in [-0.4, -0.2) is 48.9 Å². The van der Waals surface area contributed by atoms with Crippen LogP contribution in [0.5, 0.6) is 0 Å². The number of rotatable bonds is 4. The number of nitrogens with zero attached hydrogens (tertiary/aromatic N) is 1. The summed E-state index contributed by atoms with van der Waals surface area (Å²) in [7, 11) is 1.37. The average molecular weight is 228 g/mol. The van der Waals surface area contributed by atoms with E-state index in [1.54, 1.807) is 6.92 Å². The molecule has 0 unspecified atom stereocenters. The van der Waals surface area contributed by atoms with Crippen LogP contribution < -0.4 is 5.73 Å². The number of hydrogen-bond acceptors (Lipinski definition) is 5. The van der Waals surface area contributed by atoms with E-state index in [0.29, 0.717) is 13.0 Å². The summed E-state index contributed by atoms with van der Waals surface area (Å²) in [5.41, 5.74) is 5.68. The second-order valence-corrected chi connectivity index (χ2v) is 4.13. The molecular weight excluding hydrogens is 208 g/mol. The number of Topliss-reactive ketones (excluding diaryl/α,β-unsaturated/α-hetero) is 1. The van der Waals surface area contributed by atoms with Gasteiger partial charge in [-0.05, 0) is 19.9 Å². The number of carbonyl (C=O) groups is 2. The third kappa shape index (κ3) is 2.25. The molecule has 0 aromatic heterocycles. The van der Waals surface area contributed by atoms with Crippen molar-refractivity contribution in [1.82, 2.24) is 4.90 Å². The Labute approximate surface area is 95.9 Å². The van der Waals surface area contributed by atoms with Crippen molar-refractivity contribution in [2.75, 3.05) is 20.2 Å². The van der Waals surface area contributed by atoms with Crippen LogP contribution in [0.25, 0.3) is 0 Å². The van der Waals surface area contributed by atoms with Crippen molar-refractivity contribution in [3.05, 3.63) is 0 Å². The predicted octanol–water partition coefficient (Wildman–Crippen LogP) is -0.214. The summed E-state index contributed by atoms with van der Waals surface area (Å²) in [5.74, 6) is -0.451. The molecule has 92 valence electrons. The highest BCUT2D eigenvalue weighted by atomic mass is 16.5. The lowest BCUT2D eigenvalue weighted by Crippen LogP contribution is -2.45. The monoisotopic (exact) mass is 228 g/mol. The van der Waals surface area contributed by atoms with Gasteiger partial charge in [0.05, 0.1) is 19.1 Å². The summed E-state index contributed by atoms with van der Waals surface area (Å²) in [4.78, 5) is 25.1. The molecule has 5 heteroatoms. The zero-order valence-electron chi connectivity index (χ0n) is 10.1. The average Bonchev–Trinajstić information content (AvgIpc) is 2.66. The largest absolute Gasteiger partial charge is 0.469 e. The normalized spacial score (nSPS) is 30.4. The molecule has 0 bridgehead atoms. The van der Waals surface area contributed by atoms with Gasteiger partial charge in [-0.15, -0.1) is 0 Å². The van der Waals surface area contributed by atoms with E-state index < -0.39 is 0 Å². The Kier molecular flexibility index (Phi) is 4.44. The molecule has 0 saturated carbocycles. The first-order valence-electron chi connectivity index (χ1n) is 5.60. The zero-order valence-corrected chi connectivity index (χ0v) is 10.1. The van der Waals surface area contributed by atoms with Crippen LogP contribution in [0, 0.1) is 5.92 Å². The number of nitrogens with two attached hydrogens (primary N) is 1. The fourth-order valence-corrected chi connectivity index (χ4v) is 2.55. The molecule has 0 spiro atoms. The Balaban J connectivity index is 2.90. The van der Waals surface area contributed by atoms with Crippen molar-refractivity contribution in [3.63, 3.8) is 0 Å². The van der Waals surface area contributed by atoms with Gasteiger partial charge < -0.3 is 10.5 Å². The van der Waals surface area contributed by atoms with E-state index in [2.05, 4.69) is 0 Å². The maximum Gasteiger partial charge on any atom is 0.310 e. The number of ketones is 1. The third-order valence-electron chi connectivity index (χ3n) is 3.35. The van der Waals surface area contributed by atoms with Crippen LogP contribution in [0.2, 0.25) is 0 Å². The van der Waals surface area contributed by atoms with Crippen LogP contribution >= 0.6 is 0 Å². The zero-order chi connectivity index (χ0) is 12.3. The van der Waals surface area contributed by atoms with Gasteiger partial charge in [0.15, 0.2) is 0 Å². The highest BCUT2D eigenvalue weighted by molar-refractivity contribution is 5.84. The Bertz CT molecular complexity index is 280. The minimum Gasteiger partial charge on any atom is -0.469 e. The molecule has 0 aliphatic carbocycles. The lowest BCUT2D eigenvalue weighted by atomic mass is 9.98. The van der Waals surface area contributed by atoms with Gasteiger partial charge in [0, 0.05) is 12.6 Å². The van der Waals surface area contributed by atoms with Crippen molar-refractivity contribution in [1.29, 1.82) is 0 Å². The minimum atomic E-state index is -0.274. The summed E-state index contributed by atoms with van der Waals surface area (Å²) in [5, 5.41) is 0. The van der Waals surface area contributed by atoms with Crippen LogP contribution in [-0.2, 0) is 14.3 Å². The summed E-state index contributed by atoms with van der Waals surface area (Å²) in [6.45, 7) is 4.62. The van der Waals surface area contributed by atoms with Crippen molar-refractivity contribution >= 4 is 11.8 Å². The van der Waals surface area contributed by atoms with E-state index in [1.165, 1.54) is 7.11 Å². The quantitative estimate of drug-likeness (QED) is 0.674. The number of likely N-dealkylation sites (tertiary alicyclic amines) is 1. The lowest BCUT2D eigenvalue weighted by Gasteiger charge is -2.27. The van der Waals surface area contributed by atoms with E-state index >= 15 is 0 Å². The number of esters is 1. The highest BCUT2D eigenvalue weighted by Crippen LogP contribution is 2.30. The summed E-state index contributed by atoms with van der Waals surface area (Å²) in [6.07, 6.45) is 0.526. The van der Waals surface area contributed by atoms with Crippen LogP contribution in [0.4, 0.5) is 0 Å². The number of ether oxygens (including phenoxy) is 1. The molecule has 16 heavy (non-hydrogen) atoms. The Morgan fingerprint density at radius 1 is 1.50 bits per heavy atom. The molecular formula is C11H20N2O3. The number of hydrogen-bond donors (Lipinski definition) is 1. The molecule has 1 aliphatic heterocycles.